The van der Waals surface area contributed by atoms with Crippen LogP contribution in [-0.2, 0) is 6.42 Å². The maximum absolute atomic E-state index is 14.0. The quantitative estimate of drug-likeness (QED) is 0.745. The average Bonchev–Trinajstić information content (AvgIpc) is 2.76. The van der Waals surface area contributed by atoms with E-state index in [1.165, 1.54) is 21.4 Å². The zero-order valence-corrected chi connectivity index (χ0v) is 14.2. The van der Waals surface area contributed by atoms with Crippen molar-refractivity contribution in [3.63, 3.8) is 0 Å². The predicted octanol–water partition coefficient (Wildman–Crippen LogP) is 5.44. The normalized spacial score (nSPS) is 12.6. The lowest BCUT2D eigenvalue weighted by atomic mass is 10.0. The van der Waals surface area contributed by atoms with Gasteiger partial charge in [-0.15, -0.1) is 11.3 Å². The Morgan fingerprint density at radius 1 is 1.33 bits per heavy atom. The molecule has 1 unspecified atom stereocenters. The second-order valence-electron chi connectivity index (χ2n) is 5.32. The van der Waals surface area contributed by atoms with Crippen LogP contribution in [0, 0.1) is 19.7 Å². The van der Waals surface area contributed by atoms with Crippen molar-refractivity contribution in [2.24, 2.45) is 0 Å². The number of hydrogen-bond donors (Lipinski definition) is 1. The molecule has 2 aromatic rings. The number of hydrogen-bond acceptors (Lipinski definition) is 2. The highest BCUT2D eigenvalue weighted by Crippen LogP contribution is 2.32. The van der Waals surface area contributed by atoms with Gasteiger partial charge >= 0.3 is 0 Å². The van der Waals surface area contributed by atoms with Crippen molar-refractivity contribution in [1.82, 2.24) is 5.32 Å². The van der Waals surface area contributed by atoms with Crippen LogP contribution < -0.4 is 5.32 Å². The fourth-order valence-corrected chi connectivity index (χ4v) is 3.86. The molecule has 1 nitrogen and oxygen atoms in total. The van der Waals surface area contributed by atoms with E-state index in [-0.39, 0.29) is 11.9 Å². The molecule has 0 aliphatic carbocycles. The molecule has 0 aliphatic heterocycles. The molecule has 1 N–H and O–H groups in total. The van der Waals surface area contributed by atoms with Crippen molar-refractivity contribution in [1.29, 1.82) is 0 Å². The Balaban J connectivity index is 2.30. The van der Waals surface area contributed by atoms with Crippen molar-refractivity contribution in [3.05, 3.63) is 56.0 Å². The van der Waals surface area contributed by atoms with E-state index in [2.05, 4.69) is 32.2 Å². The summed E-state index contributed by atoms with van der Waals surface area (Å²) in [5.41, 5.74) is 1.86. The van der Waals surface area contributed by atoms with Gasteiger partial charge in [0.1, 0.15) is 5.82 Å². The molecule has 0 saturated heterocycles. The minimum Gasteiger partial charge on any atom is -0.309 e. The second kappa shape index (κ2) is 7.39. The molecule has 0 aliphatic rings. The molecular formula is C17H21ClFNS. The Bertz CT molecular complexity index is 589. The summed E-state index contributed by atoms with van der Waals surface area (Å²) in [7, 11) is 0. The van der Waals surface area contributed by atoms with Gasteiger partial charge in [0.25, 0.3) is 0 Å². The Kier molecular flexibility index (Phi) is 5.80. The number of aryl methyl sites for hydroxylation is 2. The SMILES string of the molecule is CCCNC(Cc1c(F)cccc1Cl)c1sc(C)cc1C. The zero-order chi connectivity index (χ0) is 15.4. The molecular weight excluding hydrogens is 305 g/mol. The first kappa shape index (κ1) is 16.5. The van der Waals surface area contributed by atoms with Crippen LogP contribution >= 0.6 is 22.9 Å². The maximum Gasteiger partial charge on any atom is 0.127 e. The highest BCUT2D eigenvalue weighted by atomic mass is 35.5. The number of thiophene rings is 1. The topological polar surface area (TPSA) is 12.0 Å². The summed E-state index contributed by atoms with van der Waals surface area (Å²) in [6, 6.07) is 7.17. The van der Waals surface area contributed by atoms with Gasteiger partial charge in [0.2, 0.25) is 0 Å². The lowest BCUT2D eigenvalue weighted by molar-refractivity contribution is 0.518. The van der Waals surface area contributed by atoms with Crippen LogP contribution in [0.5, 0.6) is 0 Å². The summed E-state index contributed by atoms with van der Waals surface area (Å²) < 4.78 is 14.0. The van der Waals surface area contributed by atoms with Crippen molar-refractivity contribution >= 4 is 22.9 Å². The van der Waals surface area contributed by atoms with E-state index < -0.39 is 0 Å². The van der Waals surface area contributed by atoms with Gasteiger partial charge in [-0.1, -0.05) is 24.6 Å². The van der Waals surface area contributed by atoms with E-state index in [1.807, 2.05) is 0 Å². The van der Waals surface area contributed by atoms with Gasteiger partial charge in [-0.25, -0.2) is 4.39 Å². The number of benzene rings is 1. The van der Waals surface area contributed by atoms with Crippen molar-refractivity contribution in [3.8, 4) is 0 Å². The Hall–Kier alpha value is -0.900. The molecule has 0 spiro atoms. The molecule has 1 heterocycles. The van der Waals surface area contributed by atoms with Crippen LogP contribution in [0.4, 0.5) is 4.39 Å². The Morgan fingerprint density at radius 3 is 2.67 bits per heavy atom. The second-order valence-corrected chi connectivity index (χ2v) is 7.01. The highest BCUT2D eigenvalue weighted by molar-refractivity contribution is 7.12. The number of nitrogens with one attached hydrogen (secondary N) is 1. The zero-order valence-electron chi connectivity index (χ0n) is 12.7. The monoisotopic (exact) mass is 325 g/mol. The molecule has 1 aromatic heterocycles. The van der Waals surface area contributed by atoms with E-state index >= 15 is 0 Å². The first-order valence-electron chi connectivity index (χ1n) is 7.26. The molecule has 0 radical (unpaired) electrons. The third-order valence-electron chi connectivity index (χ3n) is 3.51. The van der Waals surface area contributed by atoms with Crippen LogP contribution in [0.3, 0.4) is 0 Å². The third kappa shape index (κ3) is 4.06. The van der Waals surface area contributed by atoms with E-state index in [1.54, 1.807) is 23.5 Å². The minimum absolute atomic E-state index is 0.109. The van der Waals surface area contributed by atoms with Gasteiger partial charge in [-0.3, -0.25) is 0 Å². The Labute approximate surface area is 135 Å². The van der Waals surface area contributed by atoms with Gasteiger partial charge in [0.05, 0.1) is 0 Å². The first-order valence-corrected chi connectivity index (χ1v) is 8.45. The fourth-order valence-electron chi connectivity index (χ4n) is 2.51. The summed E-state index contributed by atoms with van der Waals surface area (Å²) in [6.07, 6.45) is 1.62. The molecule has 1 aromatic carbocycles. The molecule has 2 rings (SSSR count). The maximum atomic E-state index is 14.0. The van der Waals surface area contributed by atoms with Crippen LogP contribution in [0.2, 0.25) is 5.02 Å². The molecule has 1 atom stereocenters. The molecule has 0 amide bonds. The van der Waals surface area contributed by atoms with E-state index in [0.717, 1.165) is 13.0 Å². The van der Waals surface area contributed by atoms with E-state index in [9.17, 15) is 4.39 Å². The summed E-state index contributed by atoms with van der Waals surface area (Å²) >= 11 is 7.95. The lowest BCUT2D eigenvalue weighted by Crippen LogP contribution is -2.24. The smallest absolute Gasteiger partial charge is 0.127 e. The van der Waals surface area contributed by atoms with Gasteiger partial charge in [0, 0.05) is 26.4 Å². The van der Waals surface area contributed by atoms with Crippen molar-refractivity contribution in [2.75, 3.05) is 6.54 Å². The minimum atomic E-state index is -0.225. The largest absolute Gasteiger partial charge is 0.309 e. The fraction of sp³-hybridized carbons (Fsp3) is 0.412. The van der Waals surface area contributed by atoms with E-state index in [4.69, 9.17) is 11.6 Å². The van der Waals surface area contributed by atoms with Gasteiger partial charge in [0.15, 0.2) is 0 Å². The standard InChI is InChI=1S/C17H21ClFNS/c1-4-8-20-16(17-11(2)9-12(3)21-17)10-13-14(18)6-5-7-15(13)19/h5-7,9,16,20H,4,8,10H2,1-3H3. The highest BCUT2D eigenvalue weighted by Gasteiger charge is 2.19. The molecule has 21 heavy (non-hydrogen) atoms. The number of rotatable bonds is 6. The van der Waals surface area contributed by atoms with Gasteiger partial charge in [-0.05, 0) is 57.0 Å². The molecule has 0 saturated carbocycles. The van der Waals surface area contributed by atoms with Crippen molar-refractivity contribution in [2.45, 2.75) is 39.7 Å². The third-order valence-corrected chi connectivity index (χ3v) is 5.13. The van der Waals surface area contributed by atoms with E-state index in [0.29, 0.717) is 17.0 Å². The lowest BCUT2D eigenvalue weighted by Gasteiger charge is -2.19. The molecule has 4 heteroatoms. The van der Waals surface area contributed by atoms with Crippen LogP contribution in [0.25, 0.3) is 0 Å². The number of halogens is 2. The van der Waals surface area contributed by atoms with Crippen LogP contribution in [-0.4, -0.2) is 6.54 Å². The van der Waals surface area contributed by atoms with Gasteiger partial charge < -0.3 is 5.32 Å². The first-order chi connectivity index (χ1) is 10.0. The summed E-state index contributed by atoms with van der Waals surface area (Å²) in [5, 5.41) is 4.03. The summed E-state index contributed by atoms with van der Waals surface area (Å²) in [5.74, 6) is -0.225. The Morgan fingerprint density at radius 2 is 2.10 bits per heavy atom. The van der Waals surface area contributed by atoms with Crippen LogP contribution in [0.1, 0.15) is 40.3 Å². The molecule has 0 bridgehead atoms. The summed E-state index contributed by atoms with van der Waals surface area (Å²) in [6.45, 7) is 7.26. The molecule has 0 fully saturated rings. The average molecular weight is 326 g/mol. The van der Waals surface area contributed by atoms with Crippen molar-refractivity contribution < 1.29 is 4.39 Å². The predicted molar refractivity (Wildman–Crippen MR) is 89.9 cm³/mol. The van der Waals surface area contributed by atoms with Crippen LogP contribution in [0.15, 0.2) is 24.3 Å². The molecule has 114 valence electrons. The summed E-state index contributed by atoms with van der Waals surface area (Å²) in [4.78, 5) is 2.56. The van der Waals surface area contributed by atoms with Gasteiger partial charge in [-0.2, -0.15) is 0 Å².